The molecule has 2 aliphatic heterocycles. The SMILES string of the molecule is CC(=O)OC1CC(=O)N1c1ccc2c(c1)[C@@](O)([C@H](C)/C=C/CCn1cc(C(CO)c3ccccc3)nn1)C(=O)N2c1ccccc1. The Labute approximate surface area is 266 Å². The van der Waals surface area contributed by atoms with Gasteiger partial charge in [-0.1, -0.05) is 72.8 Å². The number of aliphatic hydroxyl groups is 2. The zero-order chi connectivity index (χ0) is 32.4. The first-order valence-corrected chi connectivity index (χ1v) is 15.2. The van der Waals surface area contributed by atoms with Crippen LogP contribution in [0.1, 0.15) is 49.4 Å². The number of rotatable bonds is 11. The van der Waals surface area contributed by atoms with E-state index in [2.05, 4.69) is 10.3 Å². The summed E-state index contributed by atoms with van der Waals surface area (Å²) in [5.74, 6) is -2.16. The molecule has 0 aliphatic carbocycles. The van der Waals surface area contributed by atoms with Gasteiger partial charge in [0.25, 0.3) is 5.91 Å². The van der Waals surface area contributed by atoms with Crippen molar-refractivity contribution >= 4 is 34.8 Å². The maximum absolute atomic E-state index is 14.1. The van der Waals surface area contributed by atoms with Gasteiger partial charge in [0.2, 0.25) is 5.91 Å². The monoisotopic (exact) mass is 621 g/mol. The Morgan fingerprint density at radius 2 is 1.78 bits per heavy atom. The molecule has 2 N–H and O–H groups in total. The molecule has 11 nitrogen and oxygen atoms in total. The molecular weight excluding hydrogens is 586 g/mol. The minimum Gasteiger partial charge on any atom is -0.441 e. The van der Waals surface area contributed by atoms with Crippen molar-refractivity contribution in [2.24, 2.45) is 5.92 Å². The Balaban J connectivity index is 1.23. The number of carbonyl (C=O) groups is 3. The van der Waals surface area contributed by atoms with E-state index in [0.29, 0.717) is 41.3 Å². The molecule has 4 aromatic rings. The average molecular weight is 622 g/mol. The van der Waals surface area contributed by atoms with E-state index in [1.165, 1.54) is 16.7 Å². The highest BCUT2D eigenvalue weighted by Gasteiger charge is 2.53. The van der Waals surface area contributed by atoms with Crippen LogP contribution >= 0.6 is 0 Å². The Kier molecular flexibility index (Phi) is 8.53. The van der Waals surface area contributed by atoms with Gasteiger partial charge in [0.1, 0.15) is 0 Å². The molecule has 1 aromatic heterocycles. The topological polar surface area (TPSA) is 138 Å². The predicted octanol–water partition coefficient (Wildman–Crippen LogP) is 4.18. The minimum absolute atomic E-state index is 0.0648. The molecule has 2 unspecified atom stereocenters. The van der Waals surface area contributed by atoms with Crippen molar-refractivity contribution in [3.8, 4) is 0 Å². The van der Waals surface area contributed by atoms with E-state index in [1.807, 2.05) is 60.8 Å². The lowest BCUT2D eigenvalue weighted by Crippen LogP contribution is -2.55. The maximum atomic E-state index is 14.1. The largest absolute Gasteiger partial charge is 0.441 e. The summed E-state index contributed by atoms with van der Waals surface area (Å²) in [6.07, 6.45) is 5.38. The van der Waals surface area contributed by atoms with Crippen LogP contribution in [0.25, 0.3) is 0 Å². The number of hydrogen-bond donors (Lipinski definition) is 2. The molecule has 4 atom stereocenters. The van der Waals surface area contributed by atoms with Gasteiger partial charge < -0.3 is 14.9 Å². The first-order chi connectivity index (χ1) is 22.2. The maximum Gasteiger partial charge on any atom is 0.304 e. The van der Waals surface area contributed by atoms with Crippen LogP contribution in [-0.2, 0) is 31.3 Å². The molecule has 0 bridgehead atoms. The summed E-state index contributed by atoms with van der Waals surface area (Å²) >= 11 is 0. The Bertz CT molecular complexity index is 1770. The summed E-state index contributed by atoms with van der Waals surface area (Å²) in [5, 5.41) is 30.7. The van der Waals surface area contributed by atoms with E-state index in [-0.39, 0.29) is 24.9 Å². The number of aromatic nitrogens is 3. The molecule has 0 saturated carbocycles. The van der Waals surface area contributed by atoms with E-state index < -0.39 is 29.6 Å². The minimum atomic E-state index is -1.94. The van der Waals surface area contributed by atoms with Crippen LogP contribution in [0.2, 0.25) is 0 Å². The molecule has 1 saturated heterocycles. The van der Waals surface area contributed by atoms with Crippen LogP contribution in [0.5, 0.6) is 0 Å². The van der Waals surface area contributed by atoms with E-state index >= 15 is 0 Å². The first kappa shape index (κ1) is 30.9. The second kappa shape index (κ2) is 12.7. The van der Waals surface area contributed by atoms with E-state index in [9.17, 15) is 24.6 Å². The highest BCUT2D eigenvalue weighted by molar-refractivity contribution is 6.13. The summed E-state index contributed by atoms with van der Waals surface area (Å²) in [6, 6.07) is 23.7. The summed E-state index contributed by atoms with van der Waals surface area (Å²) in [7, 11) is 0. The Hall–Kier alpha value is -5.13. The van der Waals surface area contributed by atoms with Crippen LogP contribution in [0, 0.1) is 5.92 Å². The predicted molar refractivity (Wildman–Crippen MR) is 170 cm³/mol. The molecule has 11 heteroatoms. The molecule has 0 spiro atoms. The number of aliphatic hydroxyl groups excluding tert-OH is 1. The number of allylic oxidation sites excluding steroid dienone is 1. The van der Waals surface area contributed by atoms with Crippen molar-refractivity contribution in [2.75, 3.05) is 16.4 Å². The molecule has 3 heterocycles. The van der Waals surface area contributed by atoms with Gasteiger partial charge in [0, 0.05) is 42.5 Å². The average Bonchev–Trinajstić information content (AvgIpc) is 3.60. The van der Waals surface area contributed by atoms with Gasteiger partial charge in [-0.2, -0.15) is 0 Å². The van der Waals surface area contributed by atoms with Crippen molar-refractivity contribution < 1.29 is 29.3 Å². The highest BCUT2D eigenvalue weighted by atomic mass is 16.6. The van der Waals surface area contributed by atoms with E-state index in [1.54, 1.807) is 48.0 Å². The lowest BCUT2D eigenvalue weighted by atomic mass is 9.82. The number of aryl methyl sites for hydroxylation is 1. The van der Waals surface area contributed by atoms with Crippen molar-refractivity contribution in [2.45, 2.75) is 51.0 Å². The second-order valence-corrected chi connectivity index (χ2v) is 11.5. The molecular formula is C35H35N5O6. The van der Waals surface area contributed by atoms with Crippen LogP contribution in [0.3, 0.4) is 0 Å². The highest BCUT2D eigenvalue weighted by Crippen LogP contribution is 2.50. The van der Waals surface area contributed by atoms with Gasteiger partial charge in [-0.05, 0) is 42.3 Å². The molecule has 6 rings (SSSR count). The number of esters is 1. The van der Waals surface area contributed by atoms with Crippen LogP contribution in [0.15, 0.2) is 97.2 Å². The molecule has 3 aromatic carbocycles. The third kappa shape index (κ3) is 5.59. The number of hydrogen-bond acceptors (Lipinski definition) is 8. The summed E-state index contributed by atoms with van der Waals surface area (Å²) in [4.78, 5) is 41.1. The van der Waals surface area contributed by atoms with Gasteiger partial charge in [0.05, 0.1) is 30.3 Å². The summed E-state index contributed by atoms with van der Waals surface area (Å²) in [6.45, 7) is 3.47. The van der Waals surface area contributed by atoms with Crippen LogP contribution in [-0.4, -0.2) is 55.8 Å². The lowest BCUT2D eigenvalue weighted by molar-refractivity contribution is -0.153. The number of benzene rings is 3. The number of β-lactam (4-membered cyclic amide) rings is 1. The second-order valence-electron chi connectivity index (χ2n) is 11.5. The number of nitrogens with zero attached hydrogens (tertiary/aromatic N) is 5. The fourth-order valence-corrected chi connectivity index (χ4v) is 6.11. The van der Waals surface area contributed by atoms with E-state index in [4.69, 9.17) is 4.74 Å². The van der Waals surface area contributed by atoms with Crippen LogP contribution < -0.4 is 9.80 Å². The number of para-hydroxylation sites is 1. The quantitative estimate of drug-likeness (QED) is 0.145. The van der Waals surface area contributed by atoms with Gasteiger partial charge in [-0.25, -0.2) is 0 Å². The number of carbonyl (C=O) groups excluding carboxylic acids is 3. The van der Waals surface area contributed by atoms with Gasteiger partial charge >= 0.3 is 5.97 Å². The summed E-state index contributed by atoms with van der Waals surface area (Å²) in [5.41, 5.74) is 1.58. The van der Waals surface area contributed by atoms with Crippen molar-refractivity contribution in [1.82, 2.24) is 15.0 Å². The third-order valence-electron chi connectivity index (χ3n) is 8.57. The number of fused-ring (bicyclic) bond motifs is 1. The number of ether oxygens (including phenoxy) is 1. The molecule has 2 amide bonds. The lowest BCUT2D eigenvalue weighted by Gasteiger charge is -2.39. The van der Waals surface area contributed by atoms with Crippen molar-refractivity contribution in [3.05, 3.63) is 114 Å². The smallest absolute Gasteiger partial charge is 0.304 e. The zero-order valence-corrected chi connectivity index (χ0v) is 25.6. The van der Waals surface area contributed by atoms with Gasteiger partial charge in [-0.15, -0.1) is 5.10 Å². The van der Waals surface area contributed by atoms with Gasteiger partial charge in [-0.3, -0.25) is 28.9 Å². The molecule has 2 aliphatic rings. The summed E-state index contributed by atoms with van der Waals surface area (Å²) < 4.78 is 6.99. The van der Waals surface area contributed by atoms with Crippen LogP contribution in [0.4, 0.5) is 17.1 Å². The Morgan fingerprint density at radius 3 is 2.46 bits per heavy atom. The fraction of sp³-hybridized carbons (Fsp3) is 0.286. The molecule has 1 fully saturated rings. The number of anilines is 3. The van der Waals surface area contributed by atoms with E-state index in [0.717, 1.165) is 5.56 Å². The van der Waals surface area contributed by atoms with Crippen molar-refractivity contribution in [3.63, 3.8) is 0 Å². The fourth-order valence-electron chi connectivity index (χ4n) is 6.11. The molecule has 236 valence electrons. The zero-order valence-electron chi connectivity index (χ0n) is 25.6. The molecule has 0 radical (unpaired) electrons. The Morgan fingerprint density at radius 1 is 1.07 bits per heavy atom. The van der Waals surface area contributed by atoms with Crippen molar-refractivity contribution in [1.29, 1.82) is 0 Å². The number of amides is 2. The molecule has 46 heavy (non-hydrogen) atoms. The van der Waals surface area contributed by atoms with Gasteiger partial charge in [0.15, 0.2) is 11.8 Å². The third-order valence-corrected chi connectivity index (χ3v) is 8.57. The standard InChI is InChI=1S/C35H35N5O6/c1-23(11-9-10-18-38-21-30(36-37-38)28(22-41)25-12-5-3-6-13-25)35(45)29-19-27(40-32(43)20-33(40)46-24(2)42)16-17-31(29)39(34(35)44)26-14-7-4-8-15-26/h3-9,11-17,19,21,23,28,33,41,45H,10,18,20,22H2,1-2H3/b11-9+/t23-,28?,33?,35+/m1/s1. The first-order valence-electron chi connectivity index (χ1n) is 15.2. The normalized spacial score (nSPS) is 20.5.